The summed E-state index contributed by atoms with van der Waals surface area (Å²) in [6.07, 6.45) is 0.741. The monoisotopic (exact) mass is 220 g/mol. The first-order valence-electron chi connectivity index (χ1n) is 4.64. The second kappa shape index (κ2) is 5.70. The Morgan fingerprint density at radius 3 is 2.50 bits per heavy atom. The Bertz CT molecular complexity index is 392. The van der Waals surface area contributed by atoms with Gasteiger partial charge in [0.1, 0.15) is 12.0 Å². The Hall–Kier alpha value is -2.10. The minimum absolute atomic E-state index is 0.174. The Balaban J connectivity index is 2.40. The molecule has 0 bridgehead atoms. The van der Waals surface area contributed by atoms with Gasteiger partial charge in [-0.1, -0.05) is 6.58 Å². The quantitative estimate of drug-likeness (QED) is 0.329. The topological polar surface area (TPSA) is 52.6 Å². The standard InChI is InChI=1S/C12H12O4/c1-9(2)12(14)16-8-15-11-5-3-10(7-13)4-6-11/h3-7H,1,8H2,2H3. The first kappa shape index (κ1) is 12.0. The molecule has 0 radical (unpaired) electrons. The number of carbonyl (C=O) groups excluding carboxylic acids is 2. The summed E-state index contributed by atoms with van der Waals surface area (Å²) in [4.78, 5) is 21.4. The van der Waals surface area contributed by atoms with Crippen LogP contribution >= 0.6 is 0 Å². The second-order valence-electron chi connectivity index (χ2n) is 3.16. The lowest BCUT2D eigenvalue weighted by Crippen LogP contribution is -2.10. The van der Waals surface area contributed by atoms with Crippen LogP contribution in [0.1, 0.15) is 17.3 Å². The van der Waals surface area contributed by atoms with Crippen molar-refractivity contribution in [3.8, 4) is 5.75 Å². The molecule has 0 aliphatic rings. The number of esters is 1. The zero-order chi connectivity index (χ0) is 12.0. The fourth-order valence-electron chi connectivity index (χ4n) is 0.917. The molecule has 4 heteroatoms. The number of rotatable bonds is 5. The average molecular weight is 220 g/mol. The summed E-state index contributed by atoms with van der Waals surface area (Å²) in [7, 11) is 0. The van der Waals surface area contributed by atoms with Crippen LogP contribution in [0.15, 0.2) is 36.4 Å². The van der Waals surface area contributed by atoms with Crippen molar-refractivity contribution in [3.05, 3.63) is 42.0 Å². The minimum atomic E-state index is -0.496. The number of hydrogen-bond donors (Lipinski definition) is 0. The van der Waals surface area contributed by atoms with E-state index in [0.717, 1.165) is 6.29 Å². The lowest BCUT2D eigenvalue weighted by Gasteiger charge is -2.06. The Morgan fingerprint density at radius 2 is 2.00 bits per heavy atom. The molecule has 0 unspecified atom stereocenters. The number of aldehydes is 1. The van der Waals surface area contributed by atoms with Crippen molar-refractivity contribution >= 4 is 12.3 Å². The Kier molecular flexibility index (Phi) is 4.27. The van der Waals surface area contributed by atoms with E-state index in [1.807, 2.05) is 0 Å². The summed E-state index contributed by atoms with van der Waals surface area (Å²) in [6.45, 7) is 4.82. The van der Waals surface area contributed by atoms with E-state index in [4.69, 9.17) is 9.47 Å². The lowest BCUT2D eigenvalue weighted by molar-refractivity contribution is -0.145. The molecule has 1 aromatic rings. The SMILES string of the molecule is C=C(C)C(=O)OCOc1ccc(C=O)cc1. The van der Waals surface area contributed by atoms with Gasteiger partial charge in [0.05, 0.1) is 0 Å². The van der Waals surface area contributed by atoms with E-state index in [1.54, 1.807) is 31.2 Å². The van der Waals surface area contributed by atoms with Gasteiger partial charge in [0.2, 0.25) is 6.79 Å². The minimum Gasteiger partial charge on any atom is -0.457 e. The lowest BCUT2D eigenvalue weighted by atomic mass is 10.2. The van der Waals surface area contributed by atoms with Crippen molar-refractivity contribution in [1.29, 1.82) is 0 Å². The molecule has 84 valence electrons. The van der Waals surface area contributed by atoms with Gasteiger partial charge in [-0.25, -0.2) is 4.79 Å². The highest BCUT2D eigenvalue weighted by atomic mass is 16.7. The first-order valence-corrected chi connectivity index (χ1v) is 4.64. The maximum absolute atomic E-state index is 11.0. The van der Waals surface area contributed by atoms with Crippen LogP contribution in [0.2, 0.25) is 0 Å². The summed E-state index contributed by atoms with van der Waals surface area (Å²) in [6, 6.07) is 6.47. The van der Waals surface area contributed by atoms with Crippen molar-refractivity contribution in [2.45, 2.75) is 6.92 Å². The van der Waals surface area contributed by atoms with Gasteiger partial charge in [0.15, 0.2) is 0 Å². The molecule has 0 aliphatic heterocycles. The molecule has 0 heterocycles. The maximum Gasteiger partial charge on any atom is 0.335 e. The van der Waals surface area contributed by atoms with Gasteiger partial charge in [-0.15, -0.1) is 0 Å². The molecule has 0 amide bonds. The molecule has 0 saturated heterocycles. The molecule has 1 aromatic carbocycles. The molecule has 0 aromatic heterocycles. The number of carbonyl (C=O) groups is 2. The third-order valence-electron chi connectivity index (χ3n) is 1.78. The summed E-state index contributed by atoms with van der Waals surface area (Å²) in [5.74, 6) is 0.0321. The molecule has 16 heavy (non-hydrogen) atoms. The van der Waals surface area contributed by atoms with Gasteiger partial charge >= 0.3 is 5.97 Å². The van der Waals surface area contributed by atoms with Crippen molar-refractivity contribution < 1.29 is 19.1 Å². The Morgan fingerprint density at radius 1 is 1.38 bits per heavy atom. The van der Waals surface area contributed by atoms with Crippen LogP contribution in [0.3, 0.4) is 0 Å². The van der Waals surface area contributed by atoms with Gasteiger partial charge in [0, 0.05) is 11.1 Å². The largest absolute Gasteiger partial charge is 0.457 e. The van der Waals surface area contributed by atoms with Gasteiger partial charge < -0.3 is 9.47 Å². The third kappa shape index (κ3) is 3.57. The molecule has 0 atom stereocenters. The van der Waals surface area contributed by atoms with Gasteiger partial charge in [-0.05, 0) is 31.2 Å². The van der Waals surface area contributed by atoms with Crippen LogP contribution in [0.5, 0.6) is 5.75 Å². The summed E-state index contributed by atoms with van der Waals surface area (Å²) in [5.41, 5.74) is 0.881. The van der Waals surface area contributed by atoms with E-state index in [9.17, 15) is 9.59 Å². The van der Waals surface area contributed by atoms with Crippen LogP contribution in [-0.4, -0.2) is 19.0 Å². The van der Waals surface area contributed by atoms with Crippen molar-refractivity contribution in [3.63, 3.8) is 0 Å². The van der Waals surface area contributed by atoms with E-state index in [2.05, 4.69) is 6.58 Å². The van der Waals surface area contributed by atoms with E-state index in [1.165, 1.54) is 0 Å². The summed E-state index contributed by atoms with van der Waals surface area (Å²) >= 11 is 0. The van der Waals surface area contributed by atoms with Crippen LogP contribution in [-0.2, 0) is 9.53 Å². The first-order chi connectivity index (χ1) is 7.63. The van der Waals surface area contributed by atoms with E-state index in [0.29, 0.717) is 16.9 Å². The molecule has 0 saturated carbocycles. The molecule has 0 spiro atoms. The fraction of sp³-hybridized carbons (Fsp3) is 0.167. The van der Waals surface area contributed by atoms with E-state index >= 15 is 0 Å². The maximum atomic E-state index is 11.0. The van der Waals surface area contributed by atoms with E-state index < -0.39 is 5.97 Å². The highest BCUT2D eigenvalue weighted by molar-refractivity contribution is 5.86. The molecule has 4 nitrogen and oxygen atoms in total. The van der Waals surface area contributed by atoms with Crippen molar-refractivity contribution in [2.75, 3.05) is 6.79 Å². The average Bonchev–Trinajstić information content (AvgIpc) is 2.29. The summed E-state index contributed by atoms with van der Waals surface area (Å²) in [5, 5.41) is 0. The van der Waals surface area contributed by atoms with Crippen LogP contribution in [0.4, 0.5) is 0 Å². The predicted octanol–water partition coefficient (Wildman–Crippen LogP) is 1.95. The van der Waals surface area contributed by atoms with E-state index in [-0.39, 0.29) is 6.79 Å². The highest BCUT2D eigenvalue weighted by Crippen LogP contribution is 2.11. The number of ether oxygens (including phenoxy) is 2. The molecule has 0 aliphatic carbocycles. The zero-order valence-corrected chi connectivity index (χ0v) is 8.93. The second-order valence-corrected chi connectivity index (χ2v) is 3.16. The number of benzene rings is 1. The van der Waals surface area contributed by atoms with Gasteiger partial charge in [0.25, 0.3) is 0 Å². The molecule has 0 N–H and O–H groups in total. The predicted molar refractivity (Wildman–Crippen MR) is 58.2 cm³/mol. The number of hydrogen-bond acceptors (Lipinski definition) is 4. The molecular formula is C12H12O4. The van der Waals surface area contributed by atoms with Gasteiger partial charge in [-0.3, -0.25) is 4.79 Å². The van der Waals surface area contributed by atoms with Crippen molar-refractivity contribution in [2.24, 2.45) is 0 Å². The highest BCUT2D eigenvalue weighted by Gasteiger charge is 2.02. The molecule has 0 fully saturated rings. The van der Waals surface area contributed by atoms with Crippen LogP contribution < -0.4 is 4.74 Å². The van der Waals surface area contributed by atoms with Crippen LogP contribution in [0, 0.1) is 0 Å². The zero-order valence-electron chi connectivity index (χ0n) is 8.93. The van der Waals surface area contributed by atoms with Gasteiger partial charge in [-0.2, -0.15) is 0 Å². The summed E-state index contributed by atoms with van der Waals surface area (Å²) < 4.78 is 9.86. The molecule has 1 rings (SSSR count). The smallest absolute Gasteiger partial charge is 0.335 e. The normalized spacial score (nSPS) is 9.31. The van der Waals surface area contributed by atoms with Crippen LogP contribution in [0.25, 0.3) is 0 Å². The molecular weight excluding hydrogens is 208 g/mol. The third-order valence-corrected chi connectivity index (χ3v) is 1.78. The fourth-order valence-corrected chi connectivity index (χ4v) is 0.917. The van der Waals surface area contributed by atoms with Crippen molar-refractivity contribution in [1.82, 2.24) is 0 Å². The Labute approximate surface area is 93.5 Å².